The number of pyridine rings is 1. The third-order valence-corrected chi connectivity index (χ3v) is 4.29. The van der Waals surface area contributed by atoms with Gasteiger partial charge in [-0.2, -0.15) is 4.39 Å². The minimum absolute atomic E-state index is 0.158. The van der Waals surface area contributed by atoms with E-state index in [1.165, 1.54) is 18.6 Å². The van der Waals surface area contributed by atoms with Gasteiger partial charge in [-0.3, -0.25) is 4.79 Å². The molecule has 110 valence electrons. The lowest BCUT2D eigenvalue weighted by atomic mass is 9.74. The molecule has 1 N–H and O–H groups in total. The first-order valence-electron chi connectivity index (χ1n) is 7.40. The van der Waals surface area contributed by atoms with Gasteiger partial charge in [0.2, 0.25) is 5.95 Å². The molecule has 1 aliphatic carbocycles. The Morgan fingerprint density at radius 2 is 2.15 bits per heavy atom. The van der Waals surface area contributed by atoms with Gasteiger partial charge < -0.3 is 5.32 Å². The minimum Gasteiger partial charge on any atom is -0.348 e. The maximum atomic E-state index is 13.1. The number of carbonyl (C=O) groups is 1. The van der Waals surface area contributed by atoms with Gasteiger partial charge in [0.05, 0.1) is 0 Å². The van der Waals surface area contributed by atoms with Crippen LogP contribution in [0.25, 0.3) is 0 Å². The van der Waals surface area contributed by atoms with E-state index in [4.69, 9.17) is 0 Å². The molecule has 1 saturated carbocycles. The van der Waals surface area contributed by atoms with Crippen molar-refractivity contribution in [3.8, 4) is 0 Å². The molecule has 3 atom stereocenters. The lowest BCUT2D eigenvalue weighted by Crippen LogP contribution is -2.45. The summed E-state index contributed by atoms with van der Waals surface area (Å²) < 4.78 is 13.1. The molecule has 3 unspecified atom stereocenters. The summed E-state index contributed by atoms with van der Waals surface area (Å²) in [6.07, 6.45) is 3.34. The lowest BCUT2D eigenvalue weighted by molar-refractivity contribution is 0.0861. The van der Waals surface area contributed by atoms with Gasteiger partial charge in [0, 0.05) is 6.04 Å². The number of hydrogen-bond acceptors (Lipinski definition) is 2. The molecule has 0 radical (unpaired) electrons. The minimum atomic E-state index is -0.616. The van der Waals surface area contributed by atoms with E-state index in [0.29, 0.717) is 17.8 Å². The summed E-state index contributed by atoms with van der Waals surface area (Å²) in [7, 11) is 0. The fourth-order valence-electron chi connectivity index (χ4n) is 3.15. The molecule has 0 aliphatic heterocycles. The molecule has 0 bridgehead atoms. The first-order valence-corrected chi connectivity index (χ1v) is 7.40. The van der Waals surface area contributed by atoms with E-state index in [2.05, 4.69) is 31.1 Å². The Kier molecular flexibility index (Phi) is 4.73. The molecule has 1 aromatic rings. The van der Waals surface area contributed by atoms with Gasteiger partial charge in [-0.1, -0.05) is 33.3 Å². The maximum absolute atomic E-state index is 13.1. The van der Waals surface area contributed by atoms with Crippen molar-refractivity contribution in [1.82, 2.24) is 10.3 Å². The van der Waals surface area contributed by atoms with E-state index < -0.39 is 5.95 Å². The van der Waals surface area contributed by atoms with Gasteiger partial charge in [-0.15, -0.1) is 0 Å². The van der Waals surface area contributed by atoms with Crippen LogP contribution >= 0.6 is 0 Å². The van der Waals surface area contributed by atoms with Gasteiger partial charge in [-0.05, 0) is 42.7 Å². The number of halogens is 1. The summed E-state index contributed by atoms with van der Waals surface area (Å²) in [4.78, 5) is 15.8. The van der Waals surface area contributed by atoms with Crippen molar-refractivity contribution in [1.29, 1.82) is 0 Å². The average Bonchev–Trinajstić information content (AvgIpc) is 2.38. The van der Waals surface area contributed by atoms with Crippen LogP contribution in [0.3, 0.4) is 0 Å². The van der Waals surface area contributed by atoms with Crippen LogP contribution in [0.4, 0.5) is 4.39 Å². The monoisotopic (exact) mass is 278 g/mol. The van der Waals surface area contributed by atoms with E-state index in [9.17, 15) is 9.18 Å². The van der Waals surface area contributed by atoms with Crippen molar-refractivity contribution in [2.24, 2.45) is 17.8 Å². The van der Waals surface area contributed by atoms with Crippen molar-refractivity contribution in [3.63, 3.8) is 0 Å². The molecule has 1 heterocycles. The molecule has 20 heavy (non-hydrogen) atoms. The lowest BCUT2D eigenvalue weighted by Gasteiger charge is -2.37. The van der Waals surface area contributed by atoms with Gasteiger partial charge in [0.25, 0.3) is 5.91 Å². The number of rotatable bonds is 3. The van der Waals surface area contributed by atoms with Crippen LogP contribution in [-0.2, 0) is 0 Å². The molecule has 0 aromatic carbocycles. The predicted octanol–water partition coefficient (Wildman–Crippen LogP) is 3.41. The summed E-state index contributed by atoms with van der Waals surface area (Å²) in [6.45, 7) is 6.61. The zero-order valence-corrected chi connectivity index (χ0v) is 12.4. The fraction of sp³-hybridized carbons (Fsp3) is 0.625. The third kappa shape index (κ3) is 3.56. The molecule has 0 spiro atoms. The Morgan fingerprint density at radius 1 is 1.40 bits per heavy atom. The first-order chi connectivity index (χ1) is 9.47. The van der Waals surface area contributed by atoms with E-state index in [0.717, 1.165) is 12.8 Å². The second kappa shape index (κ2) is 6.33. The van der Waals surface area contributed by atoms with E-state index in [1.807, 2.05) is 0 Å². The molecule has 1 aliphatic rings. The smallest absolute Gasteiger partial charge is 0.270 e. The zero-order valence-electron chi connectivity index (χ0n) is 12.4. The van der Waals surface area contributed by atoms with Gasteiger partial charge >= 0.3 is 0 Å². The highest BCUT2D eigenvalue weighted by Gasteiger charge is 2.32. The number of nitrogens with one attached hydrogen (secondary N) is 1. The van der Waals surface area contributed by atoms with E-state index in [-0.39, 0.29) is 17.6 Å². The van der Waals surface area contributed by atoms with Crippen LogP contribution in [0.2, 0.25) is 0 Å². The molecule has 1 amide bonds. The summed E-state index contributed by atoms with van der Waals surface area (Å²) in [6, 6.07) is 4.47. The first kappa shape index (κ1) is 14.9. The molecule has 4 heteroatoms. The number of hydrogen-bond donors (Lipinski definition) is 1. The van der Waals surface area contributed by atoms with Gasteiger partial charge in [0.15, 0.2) is 0 Å². The van der Waals surface area contributed by atoms with Crippen LogP contribution < -0.4 is 5.32 Å². The number of amides is 1. The fourth-order valence-corrected chi connectivity index (χ4v) is 3.15. The van der Waals surface area contributed by atoms with Crippen molar-refractivity contribution in [2.45, 2.75) is 46.1 Å². The Morgan fingerprint density at radius 3 is 2.80 bits per heavy atom. The van der Waals surface area contributed by atoms with Crippen LogP contribution in [0, 0.1) is 23.7 Å². The number of aromatic nitrogens is 1. The Hall–Kier alpha value is -1.45. The predicted molar refractivity (Wildman–Crippen MR) is 76.8 cm³/mol. The Balaban J connectivity index is 2.08. The molecule has 1 fully saturated rings. The molecule has 1 aromatic heterocycles. The summed E-state index contributed by atoms with van der Waals surface area (Å²) in [5.74, 6) is 0.761. The third-order valence-electron chi connectivity index (χ3n) is 4.29. The van der Waals surface area contributed by atoms with Crippen molar-refractivity contribution in [3.05, 3.63) is 29.8 Å². The van der Waals surface area contributed by atoms with Crippen molar-refractivity contribution >= 4 is 5.91 Å². The molecule has 0 saturated heterocycles. The molecule has 3 nitrogen and oxygen atoms in total. The second-order valence-electron chi connectivity index (χ2n) is 6.25. The summed E-state index contributed by atoms with van der Waals surface area (Å²) in [5.41, 5.74) is 0.158. The average molecular weight is 278 g/mol. The van der Waals surface area contributed by atoms with Crippen molar-refractivity contribution < 1.29 is 9.18 Å². The highest BCUT2D eigenvalue weighted by molar-refractivity contribution is 5.92. The Bertz CT molecular complexity index is 475. The van der Waals surface area contributed by atoms with Crippen molar-refractivity contribution in [2.75, 3.05) is 0 Å². The van der Waals surface area contributed by atoms with Crippen LogP contribution in [0.15, 0.2) is 18.2 Å². The topological polar surface area (TPSA) is 42.0 Å². The van der Waals surface area contributed by atoms with Crippen LogP contribution in [-0.4, -0.2) is 16.9 Å². The maximum Gasteiger partial charge on any atom is 0.270 e. The molecular formula is C16H23FN2O. The quantitative estimate of drug-likeness (QED) is 0.861. The van der Waals surface area contributed by atoms with Crippen LogP contribution in [0.5, 0.6) is 0 Å². The van der Waals surface area contributed by atoms with Crippen LogP contribution in [0.1, 0.15) is 50.5 Å². The zero-order chi connectivity index (χ0) is 14.7. The van der Waals surface area contributed by atoms with E-state index >= 15 is 0 Å². The normalized spacial score (nSPS) is 26.6. The Labute approximate surface area is 120 Å². The van der Waals surface area contributed by atoms with Gasteiger partial charge in [-0.25, -0.2) is 4.98 Å². The highest BCUT2D eigenvalue weighted by Crippen LogP contribution is 2.33. The number of carbonyl (C=O) groups excluding carboxylic acids is 1. The summed E-state index contributed by atoms with van der Waals surface area (Å²) >= 11 is 0. The summed E-state index contributed by atoms with van der Waals surface area (Å²) in [5, 5.41) is 3.06. The highest BCUT2D eigenvalue weighted by atomic mass is 19.1. The molecule has 2 rings (SSSR count). The van der Waals surface area contributed by atoms with Gasteiger partial charge in [0.1, 0.15) is 5.69 Å². The largest absolute Gasteiger partial charge is 0.348 e. The SMILES string of the molecule is CC1CCC(C(C)C)C(NC(=O)c2cccc(F)n2)C1. The number of nitrogens with zero attached hydrogens (tertiary/aromatic N) is 1. The molecular weight excluding hydrogens is 255 g/mol. The van der Waals surface area contributed by atoms with E-state index in [1.54, 1.807) is 6.07 Å². The standard InChI is InChI=1S/C16H23FN2O/c1-10(2)12-8-7-11(3)9-14(12)19-16(20)13-5-4-6-15(17)18-13/h4-6,10-12,14H,7-9H2,1-3H3,(H,19,20). The second-order valence-corrected chi connectivity index (χ2v) is 6.25.